The van der Waals surface area contributed by atoms with Crippen LogP contribution in [0.2, 0.25) is 0 Å². The molecule has 0 aliphatic heterocycles. The SMILES string of the molecule is COc1ccc(-c2cc(C(=O)NNC(=S)NC3CCCC3)c3ccccc3n2)cc1. The maximum atomic E-state index is 13.0. The van der Waals surface area contributed by atoms with Crippen LogP contribution in [0.5, 0.6) is 5.75 Å². The third-order valence-electron chi connectivity index (χ3n) is 5.33. The molecule has 1 heterocycles. The van der Waals surface area contributed by atoms with Crippen molar-refractivity contribution in [2.45, 2.75) is 31.7 Å². The molecule has 1 amide bonds. The molecule has 1 aromatic heterocycles. The average Bonchev–Trinajstić information content (AvgIpc) is 3.29. The largest absolute Gasteiger partial charge is 0.497 e. The lowest BCUT2D eigenvalue weighted by Crippen LogP contribution is -2.49. The third kappa shape index (κ3) is 4.52. The van der Waals surface area contributed by atoms with Crippen molar-refractivity contribution in [1.82, 2.24) is 21.2 Å². The van der Waals surface area contributed by atoms with Crippen LogP contribution in [0.15, 0.2) is 54.6 Å². The molecule has 6 nitrogen and oxygen atoms in total. The Bertz CT molecular complexity index is 1060. The summed E-state index contributed by atoms with van der Waals surface area (Å²) in [6.45, 7) is 0. The van der Waals surface area contributed by atoms with Gasteiger partial charge in [0.15, 0.2) is 5.11 Å². The van der Waals surface area contributed by atoms with Crippen molar-refractivity contribution >= 4 is 34.1 Å². The number of methoxy groups -OCH3 is 1. The number of rotatable bonds is 4. The monoisotopic (exact) mass is 420 g/mol. The van der Waals surface area contributed by atoms with Gasteiger partial charge in [-0.3, -0.25) is 15.6 Å². The van der Waals surface area contributed by atoms with Gasteiger partial charge in [-0.25, -0.2) is 4.98 Å². The second kappa shape index (κ2) is 9.09. The summed E-state index contributed by atoms with van der Waals surface area (Å²) in [4.78, 5) is 17.7. The number of fused-ring (bicyclic) bond motifs is 1. The number of hydrogen-bond donors (Lipinski definition) is 3. The first-order valence-electron chi connectivity index (χ1n) is 10.0. The zero-order valence-electron chi connectivity index (χ0n) is 16.8. The number of carbonyl (C=O) groups is 1. The van der Waals surface area contributed by atoms with E-state index >= 15 is 0 Å². The van der Waals surface area contributed by atoms with Crippen LogP contribution in [0.1, 0.15) is 36.0 Å². The van der Waals surface area contributed by atoms with E-state index < -0.39 is 0 Å². The normalized spacial score (nSPS) is 13.8. The summed E-state index contributed by atoms with van der Waals surface area (Å²) in [6, 6.07) is 17.4. The lowest BCUT2D eigenvalue weighted by atomic mass is 10.0. The molecule has 154 valence electrons. The number of carbonyl (C=O) groups excluding carboxylic acids is 1. The zero-order chi connectivity index (χ0) is 20.9. The molecule has 0 atom stereocenters. The fourth-order valence-electron chi connectivity index (χ4n) is 3.75. The Morgan fingerprint density at radius 1 is 1.07 bits per heavy atom. The number of amides is 1. The molecule has 0 saturated heterocycles. The second-order valence-corrected chi connectivity index (χ2v) is 7.74. The standard InChI is InChI=1S/C23H24N4O2S/c1-29-17-12-10-15(11-13-17)21-14-19(18-8-4-5-9-20(18)25-21)22(28)26-27-23(30)24-16-6-2-3-7-16/h4-5,8-14,16H,2-3,6-7H2,1H3,(H,26,28)(H2,24,27,30). The highest BCUT2D eigenvalue weighted by molar-refractivity contribution is 7.80. The van der Waals surface area contributed by atoms with E-state index in [1.165, 1.54) is 12.8 Å². The molecule has 0 unspecified atom stereocenters. The molecule has 1 aliphatic rings. The molecular formula is C23H24N4O2S. The minimum atomic E-state index is -0.265. The number of hydrogen-bond acceptors (Lipinski definition) is 4. The van der Waals surface area contributed by atoms with E-state index in [-0.39, 0.29) is 5.91 Å². The van der Waals surface area contributed by atoms with Crippen molar-refractivity contribution < 1.29 is 9.53 Å². The van der Waals surface area contributed by atoms with Crippen LogP contribution in [0.4, 0.5) is 0 Å². The molecule has 0 radical (unpaired) electrons. The first kappa shape index (κ1) is 20.1. The van der Waals surface area contributed by atoms with E-state index in [2.05, 4.69) is 16.2 Å². The molecule has 30 heavy (non-hydrogen) atoms. The minimum absolute atomic E-state index is 0.265. The number of para-hydroxylation sites is 1. The van der Waals surface area contributed by atoms with Gasteiger partial charge in [0.25, 0.3) is 5.91 Å². The van der Waals surface area contributed by atoms with Crippen molar-refractivity contribution in [2.24, 2.45) is 0 Å². The minimum Gasteiger partial charge on any atom is -0.497 e. The van der Waals surface area contributed by atoms with Gasteiger partial charge in [0, 0.05) is 17.0 Å². The second-order valence-electron chi connectivity index (χ2n) is 7.33. The Morgan fingerprint density at radius 2 is 1.80 bits per heavy atom. The molecule has 0 spiro atoms. The summed E-state index contributed by atoms with van der Waals surface area (Å²) < 4.78 is 5.23. The van der Waals surface area contributed by atoms with Crippen molar-refractivity contribution in [3.8, 4) is 17.0 Å². The van der Waals surface area contributed by atoms with E-state index in [4.69, 9.17) is 21.9 Å². The quantitative estimate of drug-likeness (QED) is 0.438. The number of pyridine rings is 1. The summed E-state index contributed by atoms with van der Waals surface area (Å²) in [5.74, 6) is 0.504. The molecular weight excluding hydrogens is 396 g/mol. The molecule has 1 aliphatic carbocycles. The first-order chi connectivity index (χ1) is 14.6. The zero-order valence-corrected chi connectivity index (χ0v) is 17.6. The van der Waals surface area contributed by atoms with E-state index in [9.17, 15) is 4.79 Å². The molecule has 1 fully saturated rings. The van der Waals surface area contributed by atoms with Gasteiger partial charge >= 0.3 is 0 Å². The smallest absolute Gasteiger partial charge is 0.270 e. The van der Waals surface area contributed by atoms with Gasteiger partial charge in [-0.2, -0.15) is 0 Å². The summed E-state index contributed by atoms with van der Waals surface area (Å²) in [6.07, 6.45) is 4.64. The lowest BCUT2D eigenvalue weighted by molar-refractivity contribution is 0.0945. The molecule has 3 aromatic rings. The number of nitrogens with zero attached hydrogens (tertiary/aromatic N) is 1. The first-order valence-corrected chi connectivity index (χ1v) is 10.5. The van der Waals surface area contributed by atoms with E-state index in [0.717, 1.165) is 35.1 Å². The van der Waals surface area contributed by atoms with Gasteiger partial charge in [-0.15, -0.1) is 0 Å². The summed E-state index contributed by atoms with van der Waals surface area (Å²) in [5.41, 5.74) is 8.46. The van der Waals surface area contributed by atoms with E-state index in [0.29, 0.717) is 22.4 Å². The molecule has 2 aromatic carbocycles. The van der Waals surface area contributed by atoms with Crippen LogP contribution < -0.4 is 20.9 Å². The highest BCUT2D eigenvalue weighted by atomic mass is 32.1. The van der Waals surface area contributed by atoms with Crippen molar-refractivity contribution in [2.75, 3.05) is 7.11 Å². The molecule has 7 heteroatoms. The van der Waals surface area contributed by atoms with Crippen LogP contribution in [-0.4, -0.2) is 29.2 Å². The van der Waals surface area contributed by atoms with Gasteiger partial charge in [0.1, 0.15) is 5.75 Å². The highest BCUT2D eigenvalue weighted by Crippen LogP contribution is 2.26. The van der Waals surface area contributed by atoms with Crippen LogP contribution in [0, 0.1) is 0 Å². The maximum Gasteiger partial charge on any atom is 0.270 e. The summed E-state index contributed by atoms with van der Waals surface area (Å²) in [7, 11) is 1.63. The summed E-state index contributed by atoms with van der Waals surface area (Å²) in [5, 5.41) is 4.47. The average molecular weight is 421 g/mol. The lowest BCUT2D eigenvalue weighted by Gasteiger charge is -2.16. The van der Waals surface area contributed by atoms with Gasteiger partial charge < -0.3 is 10.1 Å². The van der Waals surface area contributed by atoms with Crippen molar-refractivity contribution in [1.29, 1.82) is 0 Å². The molecule has 0 bridgehead atoms. The number of aromatic nitrogens is 1. The Kier molecular flexibility index (Phi) is 6.09. The Balaban J connectivity index is 1.56. The Labute approximate surface area is 181 Å². The predicted molar refractivity (Wildman–Crippen MR) is 122 cm³/mol. The van der Waals surface area contributed by atoms with Crippen LogP contribution in [0.25, 0.3) is 22.2 Å². The molecule has 4 rings (SSSR count). The maximum absolute atomic E-state index is 13.0. The Morgan fingerprint density at radius 3 is 2.53 bits per heavy atom. The van der Waals surface area contributed by atoms with Crippen molar-refractivity contribution in [3.63, 3.8) is 0 Å². The van der Waals surface area contributed by atoms with Crippen LogP contribution in [0.3, 0.4) is 0 Å². The van der Waals surface area contributed by atoms with Crippen molar-refractivity contribution in [3.05, 3.63) is 60.2 Å². The van der Waals surface area contributed by atoms with Gasteiger partial charge in [0.05, 0.1) is 23.9 Å². The van der Waals surface area contributed by atoms with Gasteiger partial charge in [-0.05, 0) is 61.5 Å². The Hall–Kier alpha value is -3.19. The predicted octanol–water partition coefficient (Wildman–Crippen LogP) is 3.96. The summed E-state index contributed by atoms with van der Waals surface area (Å²) >= 11 is 5.32. The number of nitrogens with one attached hydrogen (secondary N) is 3. The number of ether oxygens (including phenoxy) is 1. The van der Waals surface area contributed by atoms with Gasteiger partial charge in [-0.1, -0.05) is 31.0 Å². The fourth-order valence-corrected chi connectivity index (χ4v) is 3.96. The van der Waals surface area contributed by atoms with Crippen LogP contribution >= 0.6 is 12.2 Å². The van der Waals surface area contributed by atoms with E-state index in [1.807, 2.05) is 48.5 Å². The fraction of sp³-hybridized carbons (Fsp3) is 0.261. The number of thiocarbonyl (C=S) groups is 1. The van der Waals surface area contributed by atoms with E-state index in [1.54, 1.807) is 13.2 Å². The third-order valence-corrected chi connectivity index (χ3v) is 5.55. The van der Waals surface area contributed by atoms with Crippen LogP contribution in [-0.2, 0) is 0 Å². The molecule has 3 N–H and O–H groups in total. The number of hydrazine groups is 1. The topological polar surface area (TPSA) is 75.3 Å². The molecule has 1 saturated carbocycles. The highest BCUT2D eigenvalue weighted by Gasteiger charge is 2.17. The van der Waals surface area contributed by atoms with Gasteiger partial charge in [0.2, 0.25) is 0 Å². The number of benzene rings is 2.